The number of carbonyl (C=O) groups is 1. The van der Waals surface area contributed by atoms with Crippen LogP contribution in [0.15, 0.2) is 24.3 Å². The SMILES string of the molecule is CCO[C@H]1CN(CC)C[C@@H]1NC(=O)c1nc2ccccc2[nH]1. The number of aromatic amines is 1. The van der Waals surface area contributed by atoms with Gasteiger partial charge in [-0.3, -0.25) is 9.69 Å². The first-order chi connectivity index (χ1) is 10.7. The number of H-pyrrole nitrogens is 1. The number of hydrogen-bond acceptors (Lipinski definition) is 4. The first kappa shape index (κ1) is 15.0. The van der Waals surface area contributed by atoms with E-state index in [1.807, 2.05) is 31.2 Å². The molecule has 1 aromatic heterocycles. The molecule has 118 valence electrons. The molecular formula is C16H22N4O2. The zero-order valence-electron chi connectivity index (χ0n) is 13.0. The summed E-state index contributed by atoms with van der Waals surface area (Å²) < 4.78 is 5.76. The van der Waals surface area contributed by atoms with Crippen LogP contribution in [0.2, 0.25) is 0 Å². The summed E-state index contributed by atoms with van der Waals surface area (Å²) in [6.45, 7) is 7.38. The van der Waals surface area contributed by atoms with Crippen LogP contribution in [-0.4, -0.2) is 59.2 Å². The molecule has 6 nitrogen and oxygen atoms in total. The first-order valence-corrected chi connectivity index (χ1v) is 7.80. The van der Waals surface area contributed by atoms with Crippen molar-refractivity contribution in [1.29, 1.82) is 0 Å². The number of para-hydroxylation sites is 2. The second-order valence-electron chi connectivity index (χ2n) is 5.53. The minimum Gasteiger partial charge on any atom is -0.375 e. The Balaban J connectivity index is 1.72. The molecule has 3 rings (SSSR count). The van der Waals surface area contributed by atoms with Crippen LogP contribution in [0.1, 0.15) is 24.5 Å². The van der Waals surface area contributed by atoms with Gasteiger partial charge in [-0.15, -0.1) is 0 Å². The van der Waals surface area contributed by atoms with Crippen molar-refractivity contribution in [3.8, 4) is 0 Å². The van der Waals surface area contributed by atoms with Crippen molar-refractivity contribution in [2.45, 2.75) is 26.0 Å². The van der Waals surface area contributed by atoms with E-state index in [9.17, 15) is 4.79 Å². The summed E-state index contributed by atoms with van der Waals surface area (Å²) >= 11 is 0. The van der Waals surface area contributed by atoms with Gasteiger partial charge in [0.1, 0.15) is 0 Å². The Bertz CT molecular complexity index is 621. The Kier molecular flexibility index (Phi) is 4.40. The van der Waals surface area contributed by atoms with Crippen molar-refractivity contribution in [3.63, 3.8) is 0 Å². The number of hydrogen-bond donors (Lipinski definition) is 2. The third-order valence-electron chi connectivity index (χ3n) is 4.09. The Morgan fingerprint density at radius 2 is 2.23 bits per heavy atom. The standard InChI is InChI=1S/C16H22N4O2/c1-3-20-9-13(14(10-20)22-4-2)19-16(21)15-17-11-7-5-6-8-12(11)18-15/h5-8,13-14H,3-4,9-10H2,1-2H3,(H,17,18)(H,19,21)/t13-,14-/m0/s1. The minimum absolute atomic E-state index is 0.000567. The Morgan fingerprint density at radius 3 is 2.95 bits per heavy atom. The van der Waals surface area contributed by atoms with E-state index in [1.165, 1.54) is 0 Å². The van der Waals surface area contributed by atoms with Crippen LogP contribution >= 0.6 is 0 Å². The Labute approximate surface area is 129 Å². The number of likely N-dealkylation sites (tertiary alicyclic amines) is 1. The highest BCUT2D eigenvalue weighted by molar-refractivity contribution is 5.94. The lowest BCUT2D eigenvalue weighted by molar-refractivity contribution is 0.0504. The predicted octanol–water partition coefficient (Wildman–Crippen LogP) is 1.40. The molecule has 22 heavy (non-hydrogen) atoms. The Morgan fingerprint density at radius 1 is 1.41 bits per heavy atom. The molecule has 2 aromatic rings. The van der Waals surface area contributed by atoms with Gasteiger partial charge in [0.25, 0.3) is 5.91 Å². The van der Waals surface area contributed by atoms with E-state index in [4.69, 9.17) is 4.74 Å². The van der Waals surface area contributed by atoms with Crippen molar-refractivity contribution < 1.29 is 9.53 Å². The van der Waals surface area contributed by atoms with Crippen molar-refractivity contribution in [2.24, 2.45) is 0 Å². The zero-order valence-corrected chi connectivity index (χ0v) is 13.0. The highest BCUT2D eigenvalue weighted by atomic mass is 16.5. The van der Waals surface area contributed by atoms with Gasteiger partial charge in [0, 0.05) is 19.7 Å². The topological polar surface area (TPSA) is 70.2 Å². The minimum atomic E-state index is -0.177. The molecule has 0 bridgehead atoms. The van der Waals surface area contributed by atoms with Crippen LogP contribution in [0.25, 0.3) is 11.0 Å². The van der Waals surface area contributed by atoms with E-state index in [0.717, 1.165) is 30.7 Å². The van der Waals surface area contributed by atoms with Crippen molar-refractivity contribution >= 4 is 16.9 Å². The summed E-state index contributed by atoms with van der Waals surface area (Å²) in [6.07, 6.45) is 0.0401. The van der Waals surface area contributed by atoms with E-state index < -0.39 is 0 Å². The van der Waals surface area contributed by atoms with Crippen molar-refractivity contribution in [2.75, 3.05) is 26.2 Å². The van der Waals surface area contributed by atoms with Gasteiger partial charge in [0.2, 0.25) is 0 Å². The third-order valence-corrected chi connectivity index (χ3v) is 4.09. The summed E-state index contributed by atoms with van der Waals surface area (Å²) in [4.78, 5) is 22.1. The molecule has 2 N–H and O–H groups in total. The predicted molar refractivity (Wildman–Crippen MR) is 84.9 cm³/mol. The number of likely N-dealkylation sites (N-methyl/N-ethyl adjacent to an activating group) is 1. The lowest BCUT2D eigenvalue weighted by atomic mass is 10.2. The van der Waals surface area contributed by atoms with Crippen molar-refractivity contribution in [3.05, 3.63) is 30.1 Å². The molecule has 1 fully saturated rings. The highest BCUT2D eigenvalue weighted by Gasteiger charge is 2.34. The number of nitrogens with one attached hydrogen (secondary N) is 2. The molecule has 1 saturated heterocycles. The van der Waals surface area contributed by atoms with E-state index >= 15 is 0 Å². The molecule has 0 aliphatic carbocycles. The quantitative estimate of drug-likeness (QED) is 0.876. The van der Waals surface area contributed by atoms with Crippen LogP contribution < -0.4 is 5.32 Å². The average molecular weight is 302 g/mol. The molecule has 1 aromatic carbocycles. The molecule has 2 atom stereocenters. The lowest BCUT2D eigenvalue weighted by Gasteiger charge is -2.19. The smallest absolute Gasteiger partial charge is 0.287 e. The number of imidazole rings is 1. The maximum absolute atomic E-state index is 12.4. The first-order valence-electron chi connectivity index (χ1n) is 7.80. The largest absolute Gasteiger partial charge is 0.375 e. The van der Waals surface area contributed by atoms with Gasteiger partial charge in [-0.1, -0.05) is 19.1 Å². The monoisotopic (exact) mass is 302 g/mol. The number of ether oxygens (including phenoxy) is 1. The van der Waals surface area contributed by atoms with Gasteiger partial charge in [-0.25, -0.2) is 4.98 Å². The van der Waals surface area contributed by atoms with Crippen LogP contribution in [0, 0.1) is 0 Å². The fourth-order valence-electron chi connectivity index (χ4n) is 2.93. The van der Waals surface area contributed by atoms with Crippen molar-refractivity contribution in [1.82, 2.24) is 20.2 Å². The molecule has 2 heterocycles. The van der Waals surface area contributed by atoms with Crippen LogP contribution in [-0.2, 0) is 4.74 Å². The maximum Gasteiger partial charge on any atom is 0.287 e. The molecule has 1 aliphatic heterocycles. The maximum atomic E-state index is 12.4. The fraction of sp³-hybridized carbons (Fsp3) is 0.500. The molecule has 1 aliphatic rings. The Hall–Kier alpha value is -1.92. The average Bonchev–Trinajstić information content (AvgIpc) is 3.11. The number of rotatable bonds is 5. The summed E-state index contributed by atoms with van der Waals surface area (Å²) in [5.41, 5.74) is 1.67. The van der Waals surface area contributed by atoms with E-state index in [2.05, 4.69) is 27.1 Å². The molecule has 0 saturated carbocycles. The molecule has 0 radical (unpaired) electrons. The number of benzene rings is 1. The molecule has 6 heteroatoms. The van der Waals surface area contributed by atoms with Gasteiger partial charge >= 0.3 is 0 Å². The highest BCUT2D eigenvalue weighted by Crippen LogP contribution is 2.15. The number of aromatic nitrogens is 2. The van der Waals surface area contributed by atoms with E-state index in [-0.39, 0.29) is 18.1 Å². The summed E-state index contributed by atoms with van der Waals surface area (Å²) in [7, 11) is 0. The molecule has 0 spiro atoms. The summed E-state index contributed by atoms with van der Waals surface area (Å²) in [6, 6.07) is 7.63. The summed E-state index contributed by atoms with van der Waals surface area (Å²) in [5.74, 6) is 0.176. The molecule has 1 amide bonds. The number of fused-ring (bicyclic) bond motifs is 1. The van der Waals surface area contributed by atoms with Gasteiger partial charge < -0.3 is 15.0 Å². The molecular weight excluding hydrogens is 280 g/mol. The third kappa shape index (κ3) is 2.98. The number of amides is 1. The fourth-order valence-corrected chi connectivity index (χ4v) is 2.93. The van der Waals surface area contributed by atoms with E-state index in [1.54, 1.807) is 0 Å². The van der Waals surface area contributed by atoms with E-state index in [0.29, 0.717) is 12.4 Å². The second kappa shape index (κ2) is 6.46. The number of carbonyl (C=O) groups excluding carboxylic acids is 1. The number of nitrogens with zero attached hydrogens (tertiary/aromatic N) is 2. The van der Waals surface area contributed by atoms with Gasteiger partial charge in [0.15, 0.2) is 5.82 Å². The van der Waals surface area contributed by atoms with Gasteiger partial charge in [-0.2, -0.15) is 0 Å². The van der Waals surface area contributed by atoms with Gasteiger partial charge in [-0.05, 0) is 25.6 Å². The lowest BCUT2D eigenvalue weighted by Crippen LogP contribution is -2.44. The zero-order chi connectivity index (χ0) is 15.5. The van der Waals surface area contributed by atoms with Gasteiger partial charge in [0.05, 0.1) is 23.2 Å². The van der Waals surface area contributed by atoms with Crippen LogP contribution in [0.5, 0.6) is 0 Å². The normalized spacial score (nSPS) is 22.3. The second-order valence-corrected chi connectivity index (χ2v) is 5.53. The van der Waals surface area contributed by atoms with Crippen LogP contribution in [0.3, 0.4) is 0 Å². The van der Waals surface area contributed by atoms with Crippen LogP contribution in [0.4, 0.5) is 0 Å². The molecule has 0 unspecified atom stereocenters. The summed E-state index contributed by atoms with van der Waals surface area (Å²) in [5, 5.41) is 3.06.